The lowest BCUT2D eigenvalue weighted by Gasteiger charge is -2.14. The van der Waals surface area contributed by atoms with Crippen molar-refractivity contribution in [3.05, 3.63) is 23.8 Å². The van der Waals surface area contributed by atoms with Crippen LogP contribution in [0.4, 0.5) is 0 Å². The normalized spacial score (nSPS) is 11.8. The number of methoxy groups -OCH3 is 3. The first-order valence-corrected chi connectivity index (χ1v) is 5.09. The second-order valence-corrected chi connectivity index (χ2v) is 3.40. The minimum Gasteiger partial charge on any atom is -0.497 e. The molecule has 0 aliphatic heterocycles. The van der Waals surface area contributed by atoms with Gasteiger partial charge in [-0.3, -0.25) is 4.79 Å². The summed E-state index contributed by atoms with van der Waals surface area (Å²) in [4.78, 5) is 11.1. The lowest BCUT2D eigenvalue weighted by atomic mass is 10.1. The molecule has 0 saturated carbocycles. The highest BCUT2D eigenvalue weighted by Crippen LogP contribution is 2.30. The van der Waals surface area contributed by atoms with Gasteiger partial charge < -0.3 is 19.3 Å². The Morgan fingerprint density at radius 2 is 2.00 bits per heavy atom. The van der Waals surface area contributed by atoms with Gasteiger partial charge in [-0.05, 0) is 18.2 Å². The number of hydrogen-bond donors (Lipinski definition) is 1. The van der Waals surface area contributed by atoms with Crippen molar-refractivity contribution in [2.75, 3.05) is 21.3 Å². The van der Waals surface area contributed by atoms with E-state index in [4.69, 9.17) is 9.47 Å². The van der Waals surface area contributed by atoms with Crippen LogP contribution in [0.2, 0.25) is 0 Å². The van der Waals surface area contributed by atoms with Gasteiger partial charge in [-0.2, -0.15) is 0 Å². The monoisotopic (exact) mass is 240 g/mol. The third-order valence-corrected chi connectivity index (χ3v) is 2.38. The Hall–Kier alpha value is -1.75. The Bertz CT molecular complexity index is 388. The molecule has 0 bridgehead atoms. The molecule has 1 N–H and O–H groups in total. The fraction of sp³-hybridized carbons (Fsp3) is 0.417. The predicted molar refractivity (Wildman–Crippen MR) is 61.1 cm³/mol. The summed E-state index contributed by atoms with van der Waals surface area (Å²) in [5.41, 5.74) is 0.497. The Kier molecular flexibility index (Phi) is 4.78. The Labute approximate surface area is 99.9 Å². The third-order valence-electron chi connectivity index (χ3n) is 2.38. The summed E-state index contributed by atoms with van der Waals surface area (Å²) in [7, 11) is 4.30. The molecule has 0 saturated heterocycles. The fourth-order valence-electron chi connectivity index (χ4n) is 1.45. The molecule has 0 aromatic heterocycles. The molecule has 1 atom stereocenters. The molecule has 0 amide bonds. The van der Waals surface area contributed by atoms with Crippen LogP contribution >= 0.6 is 0 Å². The van der Waals surface area contributed by atoms with Gasteiger partial charge in [-0.15, -0.1) is 0 Å². The van der Waals surface area contributed by atoms with Crippen LogP contribution < -0.4 is 9.47 Å². The van der Waals surface area contributed by atoms with Gasteiger partial charge in [0.15, 0.2) is 0 Å². The number of carbonyl (C=O) groups is 1. The summed E-state index contributed by atoms with van der Waals surface area (Å²) in [6, 6.07) is 5.02. The van der Waals surface area contributed by atoms with E-state index in [0.29, 0.717) is 17.1 Å². The van der Waals surface area contributed by atoms with Crippen LogP contribution in [0.15, 0.2) is 18.2 Å². The average Bonchev–Trinajstić information content (AvgIpc) is 2.37. The van der Waals surface area contributed by atoms with Gasteiger partial charge in [0.1, 0.15) is 11.5 Å². The Balaban J connectivity index is 2.96. The van der Waals surface area contributed by atoms with E-state index in [2.05, 4.69) is 4.74 Å². The maximum Gasteiger partial charge on any atom is 0.308 e. The van der Waals surface area contributed by atoms with Gasteiger partial charge in [0, 0.05) is 5.56 Å². The first-order chi connectivity index (χ1) is 8.12. The summed E-state index contributed by atoms with van der Waals surface area (Å²) in [6.07, 6.45) is -1.10. The number of aliphatic hydroxyl groups is 1. The van der Waals surface area contributed by atoms with Gasteiger partial charge in [0.25, 0.3) is 0 Å². The van der Waals surface area contributed by atoms with Crippen LogP contribution in [-0.4, -0.2) is 32.4 Å². The second-order valence-electron chi connectivity index (χ2n) is 3.40. The number of ether oxygens (including phenoxy) is 3. The van der Waals surface area contributed by atoms with E-state index in [-0.39, 0.29) is 6.42 Å². The molecule has 0 unspecified atom stereocenters. The molecule has 0 radical (unpaired) electrons. The third kappa shape index (κ3) is 3.35. The average molecular weight is 240 g/mol. The van der Waals surface area contributed by atoms with Gasteiger partial charge in [-0.25, -0.2) is 0 Å². The topological polar surface area (TPSA) is 65.0 Å². The van der Waals surface area contributed by atoms with Crippen LogP contribution in [0.1, 0.15) is 18.1 Å². The minimum absolute atomic E-state index is 0.125. The first-order valence-electron chi connectivity index (χ1n) is 5.09. The largest absolute Gasteiger partial charge is 0.497 e. The number of aliphatic hydroxyl groups excluding tert-OH is 1. The van der Waals surface area contributed by atoms with E-state index >= 15 is 0 Å². The molecule has 1 rings (SSSR count). The standard InChI is InChI=1S/C12H16O5/c1-15-8-4-5-11(16-2)9(6-8)10(13)7-12(14)17-3/h4-6,10,13H,7H2,1-3H3/t10-/m0/s1. The molecule has 0 aliphatic carbocycles. The lowest BCUT2D eigenvalue weighted by molar-refractivity contribution is -0.142. The molecule has 0 spiro atoms. The maximum absolute atomic E-state index is 11.1. The van der Waals surface area contributed by atoms with Crippen LogP contribution in [0.25, 0.3) is 0 Å². The van der Waals surface area contributed by atoms with E-state index in [1.807, 2.05) is 0 Å². The zero-order chi connectivity index (χ0) is 12.8. The summed E-state index contributed by atoms with van der Waals surface area (Å²) < 4.78 is 14.7. The summed E-state index contributed by atoms with van der Waals surface area (Å²) in [6.45, 7) is 0. The fourth-order valence-corrected chi connectivity index (χ4v) is 1.45. The van der Waals surface area contributed by atoms with Crippen LogP contribution in [-0.2, 0) is 9.53 Å². The molecule has 1 aromatic carbocycles. The summed E-state index contributed by atoms with van der Waals surface area (Å²) >= 11 is 0. The van der Waals surface area contributed by atoms with Crippen molar-refractivity contribution >= 4 is 5.97 Å². The van der Waals surface area contributed by atoms with E-state index in [1.54, 1.807) is 18.2 Å². The van der Waals surface area contributed by atoms with Gasteiger partial charge in [-0.1, -0.05) is 0 Å². The molecule has 0 aliphatic rings. The molecular formula is C12H16O5. The van der Waals surface area contributed by atoms with Crippen LogP contribution in [0, 0.1) is 0 Å². The number of rotatable bonds is 5. The minimum atomic E-state index is -0.979. The molecule has 17 heavy (non-hydrogen) atoms. The van der Waals surface area contributed by atoms with Crippen LogP contribution in [0.5, 0.6) is 11.5 Å². The highest BCUT2D eigenvalue weighted by Gasteiger charge is 2.18. The zero-order valence-electron chi connectivity index (χ0n) is 10.1. The van der Waals surface area contributed by atoms with Gasteiger partial charge >= 0.3 is 5.97 Å². The highest BCUT2D eigenvalue weighted by atomic mass is 16.5. The van der Waals surface area contributed by atoms with E-state index in [1.165, 1.54) is 21.3 Å². The smallest absolute Gasteiger partial charge is 0.308 e. The van der Waals surface area contributed by atoms with E-state index in [0.717, 1.165) is 0 Å². The summed E-state index contributed by atoms with van der Waals surface area (Å²) in [5, 5.41) is 9.92. The molecule has 1 aromatic rings. The number of hydrogen-bond acceptors (Lipinski definition) is 5. The van der Waals surface area contributed by atoms with Crippen molar-refractivity contribution in [1.29, 1.82) is 0 Å². The molecule has 5 heteroatoms. The van der Waals surface area contributed by atoms with Crippen molar-refractivity contribution in [3.63, 3.8) is 0 Å². The molecular weight excluding hydrogens is 224 g/mol. The SMILES string of the molecule is COC(=O)C[C@H](O)c1cc(OC)ccc1OC. The molecule has 5 nitrogen and oxygen atoms in total. The van der Waals surface area contributed by atoms with Crippen molar-refractivity contribution < 1.29 is 24.1 Å². The highest BCUT2D eigenvalue weighted by molar-refractivity contribution is 5.70. The van der Waals surface area contributed by atoms with E-state index < -0.39 is 12.1 Å². The van der Waals surface area contributed by atoms with Crippen molar-refractivity contribution in [1.82, 2.24) is 0 Å². The molecule has 94 valence electrons. The van der Waals surface area contributed by atoms with Gasteiger partial charge in [0.05, 0.1) is 33.9 Å². The van der Waals surface area contributed by atoms with Crippen LogP contribution in [0.3, 0.4) is 0 Å². The predicted octanol–water partition coefficient (Wildman–Crippen LogP) is 1.30. The number of carbonyl (C=O) groups excluding carboxylic acids is 1. The van der Waals surface area contributed by atoms with Crippen molar-refractivity contribution in [3.8, 4) is 11.5 Å². The number of esters is 1. The molecule has 0 heterocycles. The quantitative estimate of drug-likeness (QED) is 0.786. The Morgan fingerprint density at radius 3 is 2.53 bits per heavy atom. The van der Waals surface area contributed by atoms with Crippen molar-refractivity contribution in [2.45, 2.75) is 12.5 Å². The van der Waals surface area contributed by atoms with Crippen molar-refractivity contribution in [2.24, 2.45) is 0 Å². The van der Waals surface area contributed by atoms with E-state index in [9.17, 15) is 9.90 Å². The molecule has 0 fully saturated rings. The maximum atomic E-state index is 11.1. The first kappa shape index (κ1) is 13.3. The Morgan fingerprint density at radius 1 is 1.29 bits per heavy atom. The van der Waals surface area contributed by atoms with Gasteiger partial charge in [0.2, 0.25) is 0 Å². The summed E-state index contributed by atoms with van der Waals surface area (Å²) in [5.74, 6) is 0.606. The zero-order valence-corrected chi connectivity index (χ0v) is 10.1. The second kappa shape index (κ2) is 6.10. The number of benzene rings is 1. The lowest BCUT2D eigenvalue weighted by Crippen LogP contribution is -2.09.